The first-order valence-corrected chi connectivity index (χ1v) is 23.0. The van der Waals surface area contributed by atoms with Crippen molar-refractivity contribution in [3.05, 3.63) is 125 Å². The number of hydrogen-bond acceptors (Lipinski definition) is 8. The topological polar surface area (TPSA) is 130 Å². The zero-order valence-corrected chi connectivity index (χ0v) is 37.7. The number of ether oxygens (including phenoxy) is 5. The fraction of sp³-hybridized carbons (Fsp3) is 0.407. The maximum atomic E-state index is 12.1. The first-order valence-electron chi connectivity index (χ1n) is 23.0. The SMILES string of the molecule is COCCOCCCC1(CCCOCCOC)c2cc(-c3ccc(OCCCCNC(=O)CCC(=O)NCCN)cc3)ccc2-c2ccc(-c3ccc4c(c3)Cc3ccccc3-4)cc21. The number of carbonyl (C=O) groups is 2. The fourth-order valence-corrected chi connectivity index (χ4v) is 9.29. The Morgan fingerprint density at radius 2 is 1.09 bits per heavy atom. The third-order valence-corrected chi connectivity index (χ3v) is 12.5. The molecule has 0 unspecified atom stereocenters. The van der Waals surface area contributed by atoms with Gasteiger partial charge in [-0.25, -0.2) is 0 Å². The Kier molecular flexibility index (Phi) is 17.1. The molecule has 0 radical (unpaired) electrons. The molecule has 10 heteroatoms. The molecule has 0 fully saturated rings. The standard InChI is InChI=1S/C54H65N3O7/c1-60-31-33-62-28-7-23-54(24-8-29-63-34-32-61-2)50-37-41(39-11-16-45(17-12-39)64-30-6-5-26-56-52(58)21-22-53(59)57-27-25-55)14-19-48(50)49-20-15-42(38-51(49)54)40-13-18-47-44(35-40)36-43-9-3-4-10-46(43)47/h3-4,9-20,35,37-38H,5-8,21-34,36,55H2,1-2H3,(H,56,58)(H,57,59). The second-order valence-corrected chi connectivity index (χ2v) is 16.8. The van der Waals surface area contributed by atoms with Gasteiger partial charge in [0.05, 0.1) is 33.0 Å². The lowest BCUT2D eigenvalue weighted by atomic mass is 9.70. The zero-order chi connectivity index (χ0) is 44.6. The molecule has 64 heavy (non-hydrogen) atoms. The smallest absolute Gasteiger partial charge is 0.220 e. The Morgan fingerprint density at radius 3 is 1.72 bits per heavy atom. The van der Waals surface area contributed by atoms with Crippen molar-refractivity contribution in [2.45, 2.75) is 63.2 Å². The summed E-state index contributed by atoms with van der Waals surface area (Å²) in [5.74, 6) is 0.523. The molecular weight excluding hydrogens is 803 g/mol. The first-order chi connectivity index (χ1) is 31.4. The van der Waals surface area contributed by atoms with Gasteiger partial charge in [0, 0.05) is 65.3 Å². The first kappa shape index (κ1) is 46.6. The van der Waals surface area contributed by atoms with E-state index in [1.165, 1.54) is 61.2 Å². The number of unbranched alkanes of at least 4 members (excludes halogenated alkanes) is 1. The van der Waals surface area contributed by atoms with Crippen molar-refractivity contribution in [1.82, 2.24) is 10.6 Å². The number of benzene rings is 5. The van der Waals surface area contributed by atoms with Gasteiger partial charge < -0.3 is 40.1 Å². The van der Waals surface area contributed by atoms with Crippen molar-refractivity contribution in [3.8, 4) is 50.3 Å². The van der Waals surface area contributed by atoms with Gasteiger partial charge in [0.25, 0.3) is 0 Å². The number of methoxy groups -OCH3 is 2. The third kappa shape index (κ3) is 11.7. The summed E-state index contributed by atoms with van der Waals surface area (Å²) in [6.45, 7) is 5.54. The highest BCUT2D eigenvalue weighted by Gasteiger charge is 2.43. The van der Waals surface area contributed by atoms with Crippen molar-refractivity contribution in [3.63, 3.8) is 0 Å². The third-order valence-electron chi connectivity index (χ3n) is 12.5. The second kappa shape index (κ2) is 23.5. The molecule has 10 nitrogen and oxygen atoms in total. The lowest BCUT2D eigenvalue weighted by molar-refractivity contribution is -0.126. The van der Waals surface area contributed by atoms with Crippen molar-refractivity contribution in [2.24, 2.45) is 5.73 Å². The predicted octanol–water partition coefficient (Wildman–Crippen LogP) is 8.88. The number of nitrogens with one attached hydrogen (secondary N) is 2. The fourth-order valence-electron chi connectivity index (χ4n) is 9.29. The van der Waals surface area contributed by atoms with E-state index < -0.39 is 0 Å². The lowest BCUT2D eigenvalue weighted by Crippen LogP contribution is -2.31. The summed E-state index contributed by atoms with van der Waals surface area (Å²) in [5.41, 5.74) is 20.7. The molecule has 0 aliphatic heterocycles. The zero-order valence-electron chi connectivity index (χ0n) is 37.7. The quantitative estimate of drug-likeness (QED) is 0.0438. The molecule has 4 N–H and O–H groups in total. The Bertz CT molecular complexity index is 2290. The molecule has 7 rings (SSSR count). The van der Waals surface area contributed by atoms with Gasteiger partial charge in [-0.2, -0.15) is 0 Å². The van der Waals surface area contributed by atoms with Crippen LogP contribution in [0.3, 0.4) is 0 Å². The molecular formula is C54H65N3O7. The average molecular weight is 868 g/mol. The highest BCUT2D eigenvalue weighted by molar-refractivity contribution is 5.87. The summed E-state index contributed by atoms with van der Waals surface area (Å²) in [5, 5.41) is 5.57. The maximum Gasteiger partial charge on any atom is 0.220 e. The molecule has 0 spiro atoms. The summed E-state index contributed by atoms with van der Waals surface area (Å²) in [6, 6.07) is 38.3. The van der Waals surface area contributed by atoms with E-state index in [4.69, 9.17) is 29.4 Å². The van der Waals surface area contributed by atoms with Crippen molar-refractivity contribution < 1.29 is 33.3 Å². The van der Waals surface area contributed by atoms with Crippen LogP contribution >= 0.6 is 0 Å². The molecule has 0 heterocycles. The van der Waals surface area contributed by atoms with Crippen LogP contribution in [-0.2, 0) is 40.4 Å². The van der Waals surface area contributed by atoms with Gasteiger partial charge in [-0.3, -0.25) is 9.59 Å². The van der Waals surface area contributed by atoms with E-state index in [9.17, 15) is 9.59 Å². The van der Waals surface area contributed by atoms with Crippen molar-refractivity contribution >= 4 is 11.8 Å². The van der Waals surface area contributed by atoms with Gasteiger partial charge in [0.1, 0.15) is 5.75 Å². The molecule has 338 valence electrons. The van der Waals surface area contributed by atoms with Crippen LogP contribution < -0.4 is 21.1 Å². The summed E-state index contributed by atoms with van der Waals surface area (Å²) in [6.07, 6.45) is 6.56. The number of amides is 2. The van der Waals surface area contributed by atoms with E-state index in [2.05, 4.69) is 102 Å². The molecule has 0 saturated heterocycles. The number of carbonyl (C=O) groups excluding carboxylic acids is 2. The normalized spacial score (nSPS) is 12.9. The molecule has 0 bridgehead atoms. The summed E-state index contributed by atoms with van der Waals surface area (Å²) in [4.78, 5) is 23.9. The number of hydrogen-bond donors (Lipinski definition) is 3. The molecule has 2 aliphatic carbocycles. The Balaban J connectivity index is 1.09. The van der Waals surface area contributed by atoms with E-state index in [0.29, 0.717) is 65.9 Å². The molecule has 2 aliphatic rings. The second-order valence-electron chi connectivity index (χ2n) is 16.8. The number of rotatable bonds is 27. The molecule has 0 aromatic heterocycles. The van der Waals surface area contributed by atoms with E-state index in [1.54, 1.807) is 14.2 Å². The van der Waals surface area contributed by atoms with Crippen LogP contribution in [0, 0.1) is 0 Å². The average Bonchev–Trinajstić information content (AvgIpc) is 3.83. The minimum atomic E-state index is -0.249. The van der Waals surface area contributed by atoms with Gasteiger partial charge in [0.15, 0.2) is 0 Å². The summed E-state index contributed by atoms with van der Waals surface area (Å²) in [7, 11) is 3.42. The van der Waals surface area contributed by atoms with E-state index in [1.807, 2.05) is 12.1 Å². The Labute approximate surface area is 379 Å². The summed E-state index contributed by atoms with van der Waals surface area (Å²) < 4.78 is 28.8. The van der Waals surface area contributed by atoms with Gasteiger partial charge in [0.2, 0.25) is 11.8 Å². The highest BCUT2D eigenvalue weighted by atomic mass is 16.5. The van der Waals surface area contributed by atoms with Crippen LogP contribution in [0.25, 0.3) is 44.5 Å². The van der Waals surface area contributed by atoms with Crippen LogP contribution in [0.5, 0.6) is 5.75 Å². The van der Waals surface area contributed by atoms with Crippen molar-refractivity contribution in [1.29, 1.82) is 0 Å². The van der Waals surface area contributed by atoms with Crippen LogP contribution in [-0.4, -0.2) is 91.9 Å². The van der Waals surface area contributed by atoms with Crippen LogP contribution in [0.2, 0.25) is 0 Å². The minimum absolute atomic E-state index is 0.127. The number of fused-ring (bicyclic) bond motifs is 6. The minimum Gasteiger partial charge on any atom is -0.494 e. The maximum absolute atomic E-state index is 12.1. The molecule has 0 atom stereocenters. The van der Waals surface area contributed by atoms with Gasteiger partial charge in [-0.15, -0.1) is 0 Å². The monoisotopic (exact) mass is 867 g/mol. The Hall–Kier alpha value is -5.36. The molecule has 2 amide bonds. The van der Waals surface area contributed by atoms with Gasteiger partial charge in [-0.1, -0.05) is 78.9 Å². The van der Waals surface area contributed by atoms with Gasteiger partial charge >= 0.3 is 0 Å². The van der Waals surface area contributed by atoms with E-state index in [0.717, 1.165) is 56.3 Å². The number of nitrogens with two attached hydrogens (primary N) is 1. The van der Waals surface area contributed by atoms with Crippen LogP contribution in [0.1, 0.15) is 73.6 Å². The molecule has 0 saturated carbocycles. The van der Waals surface area contributed by atoms with Crippen LogP contribution in [0.4, 0.5) is 0 Å². The molecule has 5 aromatic carbocycles. The van der Waals surface area contributed by atoms with Gasteiger partial charge in [-0.05, 0) is 136 Å². The van der Waals surface area contributed by atoms with Crippen LogP contribution in [0.15, 0.2) is 103 Å². The largest absolute Gasteiger partial charge is 0.494 e. The Morgan fingerprint density at radius 1 is 0.547 bits per heavy atom. The lowest BCUT2D eigenvalue weighted by Gasteiger charge is -2.33. The molecule has 5 aromatic rings. The highest BCUT2D eigenvalue weighted by Crippen LogP contribution is 2.55. The van der Waals surface area contributed by atoms with E-state index >= 15 is 0 Å². The van der Waals surface area contributed by atoms with Crippen molar-refractivity contribution in [2.75, 3.05) is 80.1 Å². The predicted molar refractivity (Wildman–Crippen MR) is 255 cm³/mol. The van der Waals surface area contributed by atoms with E-state index in [-0.39, 0.29) is 30.1 Å². The summed E-state index contributed by atoms with van der Waals surface area (Å²) >= 11 is 0.